The van der Waals surface area contributed by atoms with E-state index in [-0.39, 0.29) is 6.10 Å². The van der Waals surface area contributed by atoms with Crippen LogP contribution in [0.15, 0.2) is 36.5 Å². The van der Waals surface area contributed by atoms with Crippen molar-refractivity contribution >= 4 is 5.95 Å². The molecule has 0 amide bonds. The first kappa shape index (κ1) is 13.5. The zero-order valence-corrected chi connectivity index (χ0v) is 12.5. The van der Waals surface area contributed by atoms with Gasteiger partial charge in [0.1, 0.15) is 6.10 Å². The lowest BCUT2D eigenvalue weighted by molar-refractivity contribution is 0.214. The highest BCUT2D eigenvalue weighted by atomic mass is 16.5. The Morgan fingerprint density at radius 3 is 2.95 bits per heavy atom. The quantitative estimate of drug-likeness (QED) is 0.935. The van der Waals surface area contributed by atoms with Gasteiger partial charge in [-0.2, -0.15) is 4.98 Å². The van der Waals surface area contributed by atoms with Gasteiger partial charge in [-0.15, -0.1) is 0 Å². The molecule has 1 saturated heterocycles. The summed E-state index contributed by atoms with van der Waals surface area (Å²) in [5, 5.41) is 3.30. The number of hydrogen-bond donors (Lipinski definition) is 1. The number of hydrogen-bond acceptors (Lipinski definition) is 5. The van der Waals surface area contributed by atoms with E-state index in [9.17, 15) is 0 Å². The maximum absolute atomic E-state index is 5.94. The van der Waals surface area contributed by atoms with Gasteiger partial charge in [0.15, 0.2) is 0 Å². The molecule has 3 heterocycles. The van der Waals surface area contributed by atoms with Crippen LogP contribution in [0.1, 0.15) is 17.5 Å². The van der Waals surface area contributed by atoms with E-state index in [1.54, 1.807) is 6.20 Å². The average Bonchev–Trinajstić information content (AvgIpc) is 3.08. The van der Waals surface area contributed by atoms with Gasteiger partial charge in [0.05, 0.1) is 0 Å². The molecule has 0 unspecified atom stereocenters. The summed E-state index contributed by atoms with van der Waals surface area (Å²) >= 11 is 0. The van der Waals surface area contributed by atoms with Gasteiger partial charge in [0.25, 0.3) is 0 Å². The third kappa shape index (κ3) is 2.76. The van der Waals surface area contributed by atoms with Gasteiger partial charge in [0, 0.05) is 31.9 Å². The number of anilines is 1. The minimum Gasteiger partial charge on any atom is -0.473 e. The summed E-state index contributed by atoms with van der Waals surface area (Å²) in [4.78, 5) is 11.3. The maximum atomic E-state index is 5.94. The lowest BCUT2D eigenvalue weighted by Crippen LogP contribution is -2.31. The summed E-state index contributed by atoms with van der Waals surface area (Å²) < 4.78 is 5.94. The van der Waals surface area contributed by atoms with E-state index in [2.05, 4.69) is 44.5 Å². The van der Waals surface area contributed by atoms with Crippen LogP contribution in [-0.2, 0) is 13.0 Å². The van der Waals surface area contributed by atoms with Crippen molar-refractivity contribution in [3.8, 4) is 5.88 Å². The second kappa shape index (κ2) is 5.93. The minimum atomic E-state index is 0.227. The molecule has 22 heavy (non-hydrogen) atoms. The second-order valence-corrected chi connectivity index (χ2v) is 5.87. The summed E-state index contributed by atoms with van der Waals surface area (Å²) in [6, 6.07) is 10.4. The van der Waals surface area contributed by atoms with Crippen molar-refractivity contribution in [1.29, 1.82) is 0 Å². The molecule has 2 aromatic rings. The summed E-state index contributed by atoms with van der Waals surface area (Å²) in [5.41, 5.74) is 2.80. The molecule has 5 nitrogen and oxygen atoms in total. The van der Waals surface area contributed by atoms with Crippen molar-refractivity contribution in [1.82, 2.24) is 15.3 Å². The van der Waals surface area contributed by atoms with Gasteiger partial charge >= 0.3 is 0 Å². The SMILES string of the molecule is c1ccc2c(c1)CCN(c1nccc(O[C@@H]3CCNC3)n1)C2. The van der Waals surface area contributed by atoms with Crippen LogP contribution in [0.2, 0.25) is 0 Å². The van der Waals surface area contributed by atoms with Crippen molar-refractivity contribution in [3.63, 3.8) is 0 Å². The lowest BCUT2D eigenvalue weighted by atomic mass is 10.0. The van der Waals surface area contributed by atoms with Crippen molar-refractivity contribution < 1.29 is 4.74 Å². The van der Waals surface area contributed by atoms with Gasteiger partial charge < -0.3 is 15.0 Å². The monoisotopic (exact) mass is 296 g/mol. The first-order valence-electron chi connectivity index (χ1n) is 7.90. The number of benzene rings is 1. The Balaban J connectivity index is 1.51. The summed E-state index contributed by atoms with van der Waals surface area (Å²) in [7, 11) is 0. The Kier molecular flexibility index (Phi) is 3.64. The van der Waals surface area contributed by atoms with Gasteiger partial charge in [0.2, 0.25) is 11.8 Å². The lowest BCUT2D eigenvalue weighted by Gasteiger charge is -2.29. The Hall–Kier alpha value is -2.14. The Labute approximate surface area is 130 Å². The highest BCUT2D eigenvalue weighted by molar-refractivity contribution is 5.40. The van der Waals surface area contributed by atoms with Gasteiger partial charge in [-0.1, -0.05) is 24.3 Å². The van der Waals surface area contributed by atoms with Crippen molar-refractivity contribution in [2.45, 2.75) is 25.5 Å². The highest BCUT2D eigenvalue weighted by Gasteiger charge is 2.20. The van der Waals surface area contributed by atoms with E-state index in [4.69, 9.17) is 4.74 Å². The zero-order valence-electron chi connectivity index (χ0n) is 12.5. The van der Waals surface area contributed by atoms with Crippen LogP contribution in [-0.4, -0.2) is 35.7 Å². The molecule has 2 aliphatic rings. The summed E-state index contributed by atoms with van der Waals surface area (Å²) in [6.07, 6.45) is 4.10. The smallest absolute Gasteiger partial charge is 0.228 e. The Morgan fingerprint density at radius 1 is 1.18 bits per heavy atom. The van der Waals surface area contributed by atoms with E-state index >= 15 is 0 Å². The first-order chi connectivity index (χ1) is 10.9. The largest absolute Gasteiger partial charge is 0.473 e. The molecule has 0 bridgehead atoms. The molecular formula is C17H20N4O. The molecule has 0 saturated carbocycles. The molecule has 0 aliphatic carbocycles. The van der Waals surface area contributed by atoms with Crippen molar-refractivity contribution in [2.75, 3.05) is 24.5 Å². The number of fused-ring (bicyclic) bond motifs is 1. The number of nitrogens with zero attached hydrogens (tertiary/aromatic N) is 3. The topological polar surface area (TPSA) is 50.3 Å². The molecule has 0 radical (unpaired) electrons. The fraction of sp³-hybridized carbons (Fsp3) is 0.412. The number of rotatable bonds is 3. The number of nitrogens with one attached hydrogen (secondary N) is 1. The number of aromatic nitrogens is 2. The molecule has 1 atom stereocenters. The summed E-state index contributed by atoms with van der Waals surface area (Å²) in [6.45, 7) is 3.73. The maximum Gasteiger partial charge on any atom is 0.228 e. The van der Waals surface area contributed by atoms with E-state index < -0.39 is 0 Å². The third-order valence-electron chi connectivity index (χ3n) is 4.33. The standard InChI is InChI=1S/C17H20N4O/c1-2-4-14-12-21(10-7-13(14)3-1)17-19-9-6-16(20-17)22-15-5-8-18-11-15/h1-4,6,9,15,18H,5,7-8,10-12H2/t15-/m1/s1. The Bertz CT molecular complexity index is 655. The van der Waals surface area contributed by atoms with Crippen LogP contribution >= 0.6 is 0 Å². The average molecular weight is 296 g/mol. The molecule has 1 aromatic heterocycles. The molecule has 1 aromatic carbocycles. The zero-order chi connectivity index (χ0) is 14.8. The summed E-state index contributed by atoms with van der Waals surface area (Å²) in [5.74, 6) is 1.44. The van der Waals surface area contributed by atoms with Crippen LogP contribution in [0.3, 0.4) is 0 Å². The van der Waals surface area contributed by atoms with Crippen LogP contribution in [0, 0.1) is 0 Å². The fourth-order valence-electron chi connectivity index (χ4n) is 3.12. The van der Waals surface area contributed by atoms with E-state index in [1.165, 1.54) is 11.1 Å². The van der Waals surface area contributed by atoms with Crippen LogP contribution in [0.5, 0.6) is 5.88 Å². The van der Waals surface area contributed by atoms with E-state index in [0.717, 1.165) is 45.0 Å². The molecule has 5 heteroatoms. The predicted molar refractivity (Wildman–Crippen MR) is 85.1 cm³/mol. The molecule has 1 N–H and O–H groups in total. The second-order valence-electron chi connectivity index (χ2n) is 5.87. The van der Waals surface area contributed by atoms with Gasteiger partial charge in [-0.3, -0.25) is 0 Å². The normalized spacial score (nSPS) is 20.7. The molecular weight excluding hydrogens is 276 g/mol. The highest BCUT2D eigenvalue weighted by Crippen LogP contribution is 2.23. The molecule has 114 valence electrons. The van der Waals surface area contributed by atoms with E-state index in [1.807, 2.05) is 6.07 Å². The fourth-order valence-corrected chi connectivity index (χ4v) is 3.12. The minimum absolute atomic E-state index is 0.227. The molecule has 2 aliphatic heterocycles. The van der Waals surface area contributed by atoms with Gasteiger partial charge in [-0.25, -0.2) is 4.98 Å². The Morgan fingerprint density at radius 2 is 2.09 bits per heavy atom. The van der Waals surface area contributed by atoms with Crippen molar-refractivity contribution in [3.05, 3.63) is 47.7 Å². The van der Waals surface area contributed by atoms with Crippen LogP contribution in [0.4, 0.5) is 5.95 Å². The third-order valence-corrected chi connectivity index (χ3v) is 4.33. The van der Waals surface area contributed by atoms with Crippen LogP contribution < -0.4 is 15.0 Å². The van der Waals surface area contributed by atoms with Crippen molar-refractivity contribution in [2.24, 2.45) is 0 Å². The number of ether oxygens (including phenoxy) is 1. The van der Waals surface area contributed by atoms with E-state index in [0.29, 0.717) is 5.88 Å². The van der Waals surface area contributed by atoms with Gasteiger partial charge in [-0.05, 0) is 30.5 Å². The predicted octanol–water partition coefficient (Wildman–Crippen LogP) is 1.78. The molecule has 4 rings (SSSR count). The molecule has 1 fully saturated rings. The van der Waals surface area contributed by atoms with Crippen LogP contribution in [0.25, 0.3) is 0 Å². The first-order valence-corrected chi connectivity index (χ1v) is 7.90. The molecule has 0 spiro atoms.